The zero-order chi connectivity index (χ0) is 25.8. The molecule has 8 heteroatoms. The maximum Gasteiger partial charge on any atom is 0.324 e. The second-order valence-corrected chi connectivity index (χ2v) is 10.6. The summed E-state index contributed by atoms with van der Waals surface area (Å²) < 4.78 is 5.50. The number of aromatic amines is 1. The highest BCUT2D eigenvalue weighted by molar-refractivity contribution is 5.96. The van der Waals surface area contributed by atoms with Crippen LogP contribution in [0.1, 0.15) is 55.8 Å². The van der Waals surface area contributed by atoms with Gasteiger partial charge in [-0.15, -0.1) is 0 Å². The fourth-order valence-corrected chi connectivity index (χ4v) is 6.27. The van der Waals surface area contributed by atoms with Crippen LogP contribution in [0, 0.1) is 5.92 Å². The third-order valence-corrected chi connectivity index (χ3v) is 7.76. The van der Waals surface area contributed by atoms with Crippen molar-refractivity contribution in [3.8, 4) is 0 Å². The van der Waals surface area contributed by atoms with E-state index < -0.39 is 0 Å². The van der Waals surface area contributed by atoms with Gasteiger partial charge >= 0.3 is 6.03 Å². The molecule has 1 unspecified atom stereocenters. The van der Waals surface area contributed by atoms with Crippen LogP contribution in [-0.2, 0) is 22.6 Å². The second-order valence-electron chi connectivity index (χ2n) is 10.6. The molecule has 1 aliphatic heterocycles. The van der Waals surface area contributed by atoms with Crippen molar-refractivity contribution in [3.05, 3.63) is 35.0 Å². The highest BCUT2D eigenvalue weighted by Gasteiger charge is 2.44. The summed E-state index contributed by atoms with van der Waals surface area (Å²) in [6, 6.07) is 6.58. The van der Waals surface area contributed by atoms with Crippen molar-refractivity contribution in [1.29, 1.82) is 0 Å². The minimum absolute atomic E-state index is 0.0358. The van der Waals surface area contributed by atoms with Gasteiger partial charge in [0.1, 0.15) is 0 Å². The molecule has 8 nitrogen and oxygen atoms in total. The molecule has 0 radical (unpaired) electrons. The van der Waals surface area contributed by atoms with E-state index in [4.69, 9.17) is 4.74 Å². The predicted molar refractivity (Wildman–Crippen MR) is 143 cm³/mol. The van der Waals surface area contributed by atoms with Gasteiger partial charge in [-0.25, -0.2) is 4.79 Å². The van der Waals surface area contributed by atoms with Gasteiger partial charge in [0.25, 0.3) is 0 Å². The number of rotatable bonds is 10. The standard InChI is InChI=1S/C28H43N5O3/c1-6-12-32-17-19(27(34)33(28(35)29-7-2)14-9-13-31(3)4)15-21-20-10-8-11-23-26(20)22(16-25(21)32)24(30-23)18-36-5/h8,10-11,19,21,25,30H,6-7,9,12-18H2,1-5H3,(H,29,35)/t19?,21-,25-/m1/s1. The highest BCUT2D eigenvalue weighted by Crippen LogP contribution is 2.46. The average molecular weight is 498 g/mol. The maximum atomic E-state index is 13.9. The Morgan fingerprint density at radius 3 is 2.72 bits per heavy atom. The Morgan fingerprint density at radius 2 is 2.03 bits per heavy atom. The lowest BCUT2D eigenvalue weighted by Gasteiger charge is -2.47. The molecule has 4 rings (SSSR count). The number of urea groups is 1. The van der Waals surface area contributed by atoms with E-state index in [2.05, 4.69) is 45.2 Å². The molecule has 2 N–H and O–H groups in total. The van der Waals surface area contributed by atoms with Crippen LogP contribution in [-0.4, -0.2) is 91.6 Å². The number of hydrogen-bond donors (Lipinski definition) is 2. The maximum absolute atomic E-state index is 13.9. The van der Waals surface area contributed by atoms with Crippen LogP contribution in [0.5, 0.6) is 0 Å². The number of fused-ring (bicyclic) bond motifs is 2. The molecule has 2 aromatic rings. The van der Waals surface area contributed by atoms with E-state index in [0.717, 1.165) is 50.0 Å². The van der Waals surface area contributed by atoms with E-state index in [1.54, 1.807) is 7.11 Å². The van der Waals surface area contributed by atoms with Crippen molar-refractivity contribution in [3.63, 3.8) is 0 Å². The molecule has 1 saturated heterocycles. The van der Waals surface area contributed by atoms with E-state index in [1.165, 1.54) is 21.4 Å². The van der Waals surface area contributed by atoms with Crippen LogP contribution in [0.4, 0.5) is 4.79 Å². The van der Waals surface area contributed by atoms with Crippen LogP contribution in [0.15, 0.2) is 18.2 Å². The number of benzene rings is 1. The summed E-state index contributed by atoms with van der Waals surface area (Å²) in [6.45, 7) is 8.10. The summed E-state index contributed by atoms with van der Waals surface area (Å²) in [5, 5.41) is 4.17. The van der Waals surface area contributed by atoms with Gasteiger partial charge in [-0.3, -0.25) is 14.6 Å². The van der Waals surface area contributed by atoms with E-state index in [-0.39, 0.29) is 23.8 Å². The molecule has 1 aromatic heterocycles. The average Bonchev–Trinajstić information content (AvgIpc) is 3.20. The van der Waals surface area contributed by atoms with Gasteiger partial charge in [-0.05, 0) is 77.0 Å². The molecule has 0 saturated carbocycles. The largest absolute Gasteiger partial charge is 0.378 e. The zero-order valence-electron chi connectivity index (χ0n) is 22.6. The number of carbonyl (C=O) groups excluding carboxylic acids is 2. The Hall–Kier alpha value is -2.42. The third kappa shape index (κ3) is 5.31. The van der Waals surface area contributed by atoms with Crippen molar-refractivity contribution < 1.29 is 14.3 Å². The molecule has 1 aliphatic carbocycles. The summed E-state index contributed by atoms with van der Waals surface area (Å²) in [5.74, 6) is 0.0276. The molecular weight excluding hydrogens is 454 g/mol. The first-order valence-electron chi connectivity index (χ1n) is 13.5. The van der Waals surface area contributed by atoms with Gasteiger partial charge in [0.2, 0.25) is 5.91 Å². The van der Waals surface area contributed by atoms with Crippen molar-refractivity contribution in [2.24, 2.45) is 5.92 Å². The Morgan fingerprint density at radius 1 is 1.22 bits per heavy atom. The minimum Gasteiger partial charge on any atom is -0.378 e. The topological polar surface area (TPSA) is 80.9 Å². The number of piperidine rings is 1. The summed E-state index contributed by atoms with van der Waals surface area (Å²) >= 11 is 0. The zero-order valence-corrected chi connectivity index (χ0v) is 22.6. The molecule has 3 atom stereocenters. The van der Waals surface area contributed by atoms with Crippen molar-refractivity contribution in [1.82, 2.24) is 25.0 Å². The quantitative estimate of drug-likeness (QED) is 0.525. The summed E-state index contributed by atoms with van der Waals surface area (Å²) in [6.07, 6.45) is 3.53. The summed E-state index contributed by atoms with van der Waals surface area (Å²) in [5.41, 5.74) is 5.00. The first kappa shape index (κ1) is 26.6. The second kappa shape index (κ2) is 11.8. The Kier molecular flexibility index (Phi) is 8.70. The van der Waals surface area contributed by atoms with Crippen LogP contribution in [0.2, 0.25) is 0 Å². The molecule has 36 heavy (non-hydrogen) atoms. The van der Waals surface area contributed by atoms with Gasteiger partial charge in [0.05, 0.1) is 12.5 Å². The number of aromatic nitrogens is 1. The first-order valence-corrected chi connectivity index (χ1v) is 13.5. The lowest BCUT2D eigenvalue weighted by Crippen LogP contribution is -2.55. The molecule has 198 valence electrons. The third-order valence-electron chi connectivity index (χ3n) is 7.76. The SMILES string of the molecule is CCCN1CC(C(=O)N(CCCN(C)C)C(=O)NCC)C[C@@H]2c3cccc4[nH]c(COC)c(c34)C[C@H]21. The monoisotopic (exact) mass is 497 g/mol. The van der Waals surface area contributed by atoms with Crippen LogP contribution >= 0.6 is 0 Å². The normalized spacial score (nSPS) is 21.6. The number of nitrogens with one attached hydrogen (secondary N) is 2. The van der Waals surface area contributed by atoms with Crippen LogP contribution < -0.4 is 5.32 Å². The van der Waals surface area contributed by atoms with Gasteiger partial charge in [0, 0.05) is 55.3 Å². The predicted octanol–water partition coefficient (Wildman–Crippen LogP) is 3.56. The molecule has 0 spiro atoms. The lowest BCUT2D eigenvalue weighted by molar-refractivity contribution is -0.135. The number of methoxy groups -OCH3 is 1. The van der Waals surface area contributed by atoms with Gasteiger partial charge < -0.3 is 19.9 Å². The number of hydrogen-bond acceptors (Lipinski definition) is 5. The molecule has 1 fully saturated rings. The molecule has 1 aromatic carbocycles. The minimum atomic E-state index is -0.270. The molecule has 0 bridgehead atoms. The van der Waals surface area contributed by atoms with E-state index in [1.807, 2.05) is 21.0 Å². The van der Waals surface area contributed by atoms with E-state index >= 15 is 0 Å². The summed E-state index contributed by atoms with van der Waals surface area (Å²) in [7, 11) is 5.77. The van der Waals surface area contributed by atoms with E-state index in [9.17, 15) is 9.59 Å². The number of H-pyrrole nitrogens is 1. The molecule has 3 amide bonds. The molecular formula is C28H43N5O3. The van der Waals surface area contributed by atoms with Crippen LogP contribution in [0.3, 0.4) is 0 Å². The van der Waals surface area contributed by atoms with Crippen molar-refractivity contribution in [2.45, 2.75) is 58.1 Å². The number of likely N-dealkylation sites (tertiary alicyclic amines) is 1. The number of nitrogens with zero attached hydrogens (tertiary/aromatic N) is 3. The number of carbonyl (C=O) groups is 2. The number of ether oxygens (including phenoxy) is 1. The fraction of sp³-hybridized carbons (Fsp3) is 0.643. The highest BCUT2D eigenvalue weighted by atomic mass is 16.5. The number of imide groups is 1. The summed E-state index contributed by atoms with van der Waals surface area (Å²) in [4.78, 5) is 36.5. The van der Waals surface area contributed by atoms with Gasteiger partial charge in [-0.2, -0.15) is 0 Å². The molecule has 2 aliphatic rings. The number of amides is 3. The lowest BCUT2D eigenvalue weighted by atomic mass is 9.71. The smallest absolute Gasteiger partial charge is 0.324 e. The van der Waals surface area contributed by atoms with Crippen molar-refractivity contribution in [2.75, 3.05) is 53.9 Å². The fourth-order valence-electron chi connectivity index (χ4n) is 6.27. The molecule has 2 heterocycles. The van der Waals surface area contributed by atoms with Crippen molar-refractivity contribution >= 4 is 22.8 Å². The van der Waals surface area contributed by atoms with Gasteiger partial charge in [-0.1, -0.05) is 19.1 Å². The Labute approximate surface area is 215 Å². The van der Waals surface area contributed by atoms with E-state index in [0.29, 0.717) is 32.3 Å². The Balaban J connectivity index is 1.65. The first-order chi connectivity index (χ1) is 17.4. The Bertz CT molecular complexity index is 1060. The van der Waals surface area contributed by atoms with Gasteiger partial charge in [0.15, 0.2) is 0 Å². The van der Waals surface area contributed by atoms with Crippen LogP contribution in [0.25, 0.3) is 10.9 Å².